The summed E-state index contributed by atoms with van der Waals surface area (Å²) >= 11 is 6.65. The first-order valence-corrected chi connectivity index (χ1v) is 7.32. The topological polar surface area (TPSA) is 75.6 Å². The zero-order valence-corrected chi connectivity index (χ0v) is 13.8. The van der Waals surface area contributed by atoms with E-state index in [1.807, 2.05) is 6.92 Å². The molecule has 108 valence electrons. The number of halogens is 2. The Morgan fingerprint density at radius 1 is 1.35 bits per heavy atom. The third kappa shape index (κ3) is 5.34. The van der Waals surface area contributed by atoms with Crippen LogP contribution in [0.5, 0.6) is 5.75 Å². The van der Waals surface area contributed by atoms with Crippen LogP contribution in [-0.2, 0) is 9.59 Å². The van der Waals surface area contributed by atoms with E-state index in [-0.39, 0.29) is 12.5 Å². The molecule has 0 unspecified atom stereocenters. The van der Waals surface area contributed by atoms with Gasteiger partial charge in [-0.2, -0.15) is 0 Å². The fourth-order valence-corrected chi connectivity index (χ4v) is 2.82. The lowest BCUT2D eigenvalue weighted by atomic mass is 10.2. The molecule has 7 heteroatoms. The van der Waals surface area contributed by atoms with Crippen molar-refractivity contribution in [2.24, 2.45) is 0 Å². The van der Waals surface area contributed by atoms with Gasteiger partial charge in [0.1, 0.15) is 5.75 Å². The number of aliphatic carboxylic acids is 1. The van der Waals surface area contributed by atoms with Gasteiger partial charge in [0.25, 0.3) is 5.91 Å². The molecule has 1 aromatic carbocycles. The van der Waals surface area contributed by atoms with Gasteiger partial charge >= 0.3 is 5.97 Å². The van der Waals surface area contributed by atoms with Crippen molar-refractivity contribution >= 4 is 49.8 Å². The fraction of sp³-hybridized carbons (Fsp3) is 0.231. The molecule has 0 saturated carbocycles. The summed E-state index contributed by atoms with van der Waals surface area (Å²) in [6.45, 7) is 2.28. The smallest absolute Gasteiger partial charge is 0.328 e. The Hall–Kier alpha value is -1.34. The number of hydrogen-bond acceptors (Lipinski definition) is 3. The van der Waals surface area contributed by atoms with Crippen LogP contribution in [0.1, 0.15) is 12.5 Å². The largest absolute Gasteiger partial charge is 0.481 e. The number of carbonyl (C=O) groups excluding carboxylic acids is 1. The molecule has 0 bridgehead atoms. The number of carboxylic acids is 1. The number of ether oxygens (including phenoxy) is 1. The molecule has 0 aliphatic heterocycles. The first kappa shape index (κ1) is 16.7. The van der Waals surface area contributed by atoms with Crippen molar-refractivity contribution < 1.29 is 19.4 Å². The predicted molar refractivity (Wildman–Crippen MR) is 82.7 cm³/mol. The highest BCUT2D eigenvalue weighted by atomic mass is 79.9. The van der Waals surface area contributed by atoms with Gasteiger partial charge in [-0.1, -0.05) is 0 Å². The van der Waals surface area contributed by atoms with E-state index in [0.29, 0.717) is 26.8 Å². The van der Waals surface area contributed by atoms with E-state index in [0.717, 1.165) is 6.08 Å². The number of amides is 1. The number of nitrogens with one attached hydrogen (secondary N) is 1. The Morgan fingerprint density at radius 2 is 1.95 bits per heavy atom. The molecule has 0 aliphatic rings. The van der Waals surface area contributed by atoms with E-state index >= 15 is 0 Å². The van der Waals surface area contributed by atoms with E-state index in [9.17, 15) is 9.59 Å². The second-order valence-corrected chi connectivity index (χ2v) is 5.44. The normalized spacial score (nSPS) is 10.6. The van der Waals surface area contributed by atoms with Gasteiger partial charge in [0.15, 0.2) is 6.61 Å². The summed E-state index contributed by atoms with van der Waals surface area (Å²) in [5, 5.41) is 11.2. The van der Waals surface area contributed by atoms with Gasteiger partial charge in [-0.3, -0.25) is 4.79 Å². The van der Waals surface area contributed by atoms with Crippen molar-refractivity contribution in [3.05, 3.63) is 32.7 Å². The van der Waals surface area contributed by atoms with Crippen LogP contribution in [-0.4, -0.2) is 30.1 Å². The quantitative estimate of drug-likeness (QED) is 0.712. The van der Waals surface area contributed by atoms with E-state index in [4.69, 9.17) is 9.84 Å². The van der Waals surface area contributed by atoms with Gasteiger partial charge in [-0.15, -0.1) is 0 Å². The average Bonchev–Trinajstić information content (AvgIpc) is 2.35. The van der Waals surface area contributed by atoms with E-state index in [1.54, 1.807) is 12.1 Å². The molecule has 0 atom stereocenters. The lowest BCUT2D eigenvalue weighted by molar-refractivity contribution is -0.131. The second kappa shape index (κ2) is 8.06. The standard InChI is InChI=1S/C13H13Br2NO4/c1-2-16-11(17)7-20-13-9(14)5-8(6-10(13)15)3-4-12(18)19/h3-6H,2,7H2,1H3,(H,16,17)(H,18,19)/b4-3+. The van der Waals surface area contributed by atoms with Crippen molar-refractivity contribution in [3.8, 4) is 5.75 Å². The maximum Gasteiger partial charge on any atom is 0.328 e. The van der Waals surface area contributed by atoms with Crippen molar-refractivity contribution in [2.75, 3.05) is 13.2 Å². The predicted octanol–water partition coefficient (Wildman–Crippen LogP) is 2.82. The molecule has 5 nitrogen and oxygen atoms in total. The molecule has 0 fully saturated rings. The molecule has 20 heavy (non-hydrogen) atoms. The number of carbonyl (C=O) groups is 2. The van der Waals surface area contributed by atoms with Gasteiger partial charge in [-0.25, -0.2) is 4.79 Å². The molecule has 0 spiro atoms. The van der Waals surface area contributed by atoms with Crippen molar-refractivity contribution in [1.29, 1.82) is 0 Å². The molecule has 0 saturated heterocycles. The van der Waals surface area contributed by atoms with Crippen molar-refractivity contribution in [1.82, 2.24) is 5.32 Å². The Morgan fingerprint density at radius 3 is 2.45 bits per heavy atom. The van der Waals surface area contributed by atoms with Crippen LogP contribution in [0.3, 0.4) is 0 Å². The summed E-state index contributed by atoms with van der Waals surface area (Å²) in [5.74, 6) is -0.737. The van der Waals surface area contributed by atoms with E-state index in [2.05, 4.69) is 37.2 Å². The summed E-state index contributed by atoms with van der Waals surface area (Å²) in [4.78, 5) is 21.8. The summed E-state index contributed by atoms with van der Waals surface area (Å²) in [6, 6.07) is 3.41. The minimum absolute atomic E-state index is 0.0879. The van der Waals surface area contributed by atoms with Gasteiger partial charge in [0.05, 0.1) is 8.95 Å². The summed E-state index contributed by atoms with van der Waals surface area (Å²) in [5.41, 5.74) is 0.691. The van der Waals surface area contributed by atoms with Gasteiger partial charge < -0.3 is 15.2 Å². The molecule has 1 rings (SSSR count). The number of carboxylic acid groups (broad SMARTS) is 1. The minimum atomic E-state index is -1.02. The Labute approximate surface area is 133 Å². The van der Waals surface area contributed by atoms with Crippen LogP contribution in [0, 0.1) is 0 Å². The number of hydrogen-bond donors (Lipinski definition) is 2. The molecular formula is C13H13Br2NO4. The Kier molecular flexibility index (Phi) is 6.74. The molecule has 1 aromatic rings. The summed E-state index contributed by atoms with van der Waals surface area (Å²) in [6.07, 6.45) is 2.51. The van der Waals surface area contributed by atoms with Gasteiger partial charge in [-0.05, 0) is 62.6 Å². The zero-order chi connectivity index (χ0) is 15.1. The highest BCUT2D eigenvalue weighted by Gasteiger charge is 2.10. The minimum Gasteiger partial charge on any atom is -0.481 e. The number of rotatable bonds is 6. The van der Waals surface area contributed by atoms with Crippen LogP contribution in [0.15, 0.2) is 27.2 Å². The van der Waals surface area contributed by atoms with Crippen LogP contribution >= 0.6 is 31.9 Å². The molecule has 1 amide bonds. The SMILES string of the molecule is CCNC(=O)COc1c(Br)cc(/C=C/C(=O)O)cc1Br. The molecule has 0 aromatic heterocycles. The third-order valence-corrected chi connectivity index (χ3v) is 3.34. The molecule has 0 radical (unpaired) electrons. The lowest BCUT2D eigenvalue weighted by Gasteiger charge is -2.11. The first-order chi connectivity index (χ1) is 9.43. The van der Waals surface area contributed by atoms with E-state index in [1.165, 1.54) is 6.08 Å². The average molecular weight is 407 g/mol. The molecule has 0 heterocycles. The highest BCUT2D eigenvalue weighted by molar-refractivity contribution is 9.11. The molecular weight excluding hydrogens is 394 g/mol. The van der Waals surface area contributed by atoms with Crippen LogP contribution in [0.25, 0.3) is 6.08 Å². The second-order valence-electron chi connectivity index (χ2n) is 3.73. The first-order valence-electron chi connectivity index (χ1n) is 5.73. The Bertz CT molecular complexity index is 520. The summed E-state index contributed by atoms with van der Waals surface area (Å²) in [7, 11) is 0. The van der Waals surface area contributed by atoms with Crippen LogP contribution < -0.4 is 10.1 Å². The van der Waals surface area contributed by atoms with Gasteiger partial charge in [0.2, 0.25) is 0 Å². The lowest BCUT2D eigenvalue weighted by Crippen LogP contribution is -2.28. The fourth-order valence-electron chi connectivity index (χ4n) is 1.37. The highest BCUT2D eigenvalue weighted by Crippen LogP contribution is 2.35. The Balaban J connectivity index is 2.84. The van der Waals surface area contributed by atoms with Crippen LogP contribution in [0.2, 0.25) is 0 Å². The molecule has 2 N–H and O–H groups in total. The number of benzene rings is 1. The zero-order valence-electron chi connectivity index (χ0n) is 10.7. The monoisotopic (exact) mass is 405 g/mol. The molecule has 0 aliphatic carbocycles. The van der Waals surface area contributed by atoms with Crippen molar-refractivity contribution in [3.63, 3.8) is 0 Å². The van der Waals surface area contributed by atoms with Gasteiger partial charge in [0, 0.05) is 12.6 Å². The van der Waals surface area contributed by atoms with E-state index < -0.39 is 5.97 Å². The maximum absolute atomic E-state index is 11.3. The third-order valence-electron chi connectivity index (χ3n) is 2.16. The van der Waals surface area contributed by atoms with Crippen LogP contribution in [0.4, 0.5) is 0 Å². The summed E-state index contributed by atoms with van der Waals surface area (Å²) < 4.78 is 6.67. The van der Waals surface area contributed by atoms with Crippen molar-refractivity contribution in [2.45, 2.75) is 6.92 Å². The maximum atomic E-state index is 11.3. The number of likely N-dealkylation sites (N-methyl/N-ethyl adjacent to an activating group) is 1.